The Labute approximate surface area is 248 Å². The minimum atomic E-state index is 0.00986. The molecule has 3 aromatic carbocycles. The standard InChI is InChI=1S/C18H21NO3.C17H18O3/c1-14(2)18(20)13-21-10-11-22-16-8-9-17(19-12-16)15-6-4-3-5-7-15;1-2-15(18)13-19-12-14-8-10-17(11-9-14)20-16-6-4-3-5-7-16/h3-9,12,14H,10-11,13H2,1-2H3;3-11H,2,12-13H2,1H3. The van der Waals surface area contributed by atoms with Gasteiger partial charge in [-0.3, -0.25) is 14.6 Å². The Kier molecular flexibility index (Phi) is 13.9. The molecule has 0 radical (unpaired) electrons. The maximum absolute atomic E-state index is 11.4. The average Bonchev–Trinajstić information content (AvgIpc) is 3.03. The van der Waals surface area contributed by atoms with Gasteiger partial charge < -0.3 is 18.9 Å². The maximum atomic E-state index is 11.4. The molecular weight excluding hydrogens is 530 g/mol. The van der Waals surface area contributed by atoms with Crippen molar-refractivity contribution in [2.75, 3.05) is 26.4 Å². The second kappa shape index (κ2) is 18.2. The van der Waals surface area contributed by atoms with E-state index in [0.29, 0.717) is 32.0 Å². The Morgan fingerprint density at radius 2 is 1.36 bits per heavy atom. The first-order chi connectivity index (χ1) is 20.4. The number of pyridine rings is 1. The number of carbonyl (C=O) groups is 2. The van der Waals surface area contributed by atoms with Crippen molar-refractivity contribution in [3.05, 3.63) is 109 Å². The number of ketones is 2. The van der Waals surface area contributed by atoms with Crippen LogP contribution in [0.25, 0.3) is 11.3 Å². The van der Waals surface area contributed by atoms with Crippen LogP contribution in [0.15, 0.2) is 103 Å². The molecule has 0 spiro atoms. The van der Waals surface area contributed by atoms with E-state index in [4.69, 9.17) is 18.9 Å². The zero-order valence-corrected chi connectivity index (χ0v) is 24.5. The normalized spacial score (nSPS) is 10.5. The van der Waals surface area contributed by atoms with Gasteiger partial charge in [-0.1, -0.05) is 81.4 Å². The molecule has 0 fully saturated rings. The summed E-state index contributed by atoms with van der Waals surface area (Å²) in [6.07, 6.45) is 2.21. The second-order valence-electron chi connectivity index (χ2n) is 9.71. The predicted octanol–water partition coefficient (Wildman–Crippen LogP) is 7.34. The Hall–Kier alpha value is -4.33. The van der Waals surface area contributed by atoms with Crippen LogP contribution < -0.4 is 9.47 Å². The van der Waals surface area contributed by atoms with E-state index in [-0.39, 0.29) is 30.7 Å². The molecule has 42 heavy (non-hydrogen) atoms. The summed E-state index contributed by atoms with van der Waals surface area (Å²) in [5.74, 6) is 2.52. The number of para-hydroxylation sites is 1. The third kappa shape index (κ3) is 12.0. The fourth-order valence-electron chi connectivity index (χ4n) is 3.47. The van der Waals surface area contributed by atoms with Crippen molar-refractivity contribution in [2.45, 2.75) is 33.8 Å². The molecule has 0 N–H and O–H groups in total. The first kappa shape index (κ1) is 32.2. The highest BCUT2D eigenvalue weighted by Crippen LogP contribution is 2.21. The third-order valence-electron chi connectivity index (χ3n) is 6.02. The minimum Gasteiger partial charge on any atom is -0.490 e. The summed E-state index contributed by atoms with van der Waals surface area (Å²) >= 11 is 0. The first-order valence-electron chi connectivity index (χ1n) is 14.1. The summed E-state index contributed by atoms with van der Waals surface area (Å²) < 4.78 is 21.9. The van der Waals surface area contributed by atoms with Gasteiger partial charge in [0.1, 0.15) is 37.1 Å². The van der Waals surface area contributed by atoms with Crippen molar-refractivity contribution in [1.82, 2.24) is 4.98 Å². The minimum absolute atomic E-state index is 0.00986. The van der Waals surface area contributed by atoms with Gasteiger partial charge in [0.05, 0.1) is 25.1 Å². The van der Waals surface area contributed by atoms with Crippen LogP contribution in [0.5, 0.6) is 17.2 Å². The van der Waals surface area contributed by atoms with E-state index in [1.165, 1.54) is 0 Å². The fraction of sp³-hybridized carbons (Fsp3) is 0.286. The van der Waals surface area contributed by atoms with Gasteiger partial charge >= 0.3 is 0 Å². The van der Waals surface area contributed by atoms with Gasteiger partial charge in [0.15, 0.2) is 11.6 Å². The molecule has 0 unspecified atom stereocenters. The molecule has 0 saturated carbocycles. The number of rotatable bonds is 15. The smallest absolute Gasteiger partial charge is 0.160 e. The van der Waals surface area contributed by atoms with Gasteiger partial charge in [-0.15, -0.1) is 0 Å². The van der Waals surface area contributed by atoms with Crippen molar-refractivity contribution < 1.29 is 28.5 Å². The fourth-order valence-corrected chi connectivity index (χ4v) is 3.47. The number of hydrogen-bond acceptors (Lipinski definition) is 7. The maximum Gasteiger partial charge on any atom is 0.160 e. The molecule has 4 aromatic rings. The summed E-state index contributed by atoms with van der Waals surface area (Å²) in [5.41, 5.74) is 3.01. The monoisotopic (exact) mass is 569 g/mol. The highest BCUT2D eigenvalue weighted by Gasteiger charge is 2.07. The third-order valence-corrected chi connectivity index (χ3v) is 6.02. The van der Waals surface area contributed by atoms with Crippen molar-refractivity contribution in [2.24, 2.45) is 5.92 Å². The van der Waals surface area contributed by atoms with Crippen molar-refractivity contribution in [3.63, 3.8) is 0 Å². The van der Waals surface area contributed by atoms with Crippen LogP contribution in [-0.2, 0) is 25.7 Å². The molecule has 0 aliphatic rings. The van der Waals surface area contributed by atoms with E-state index < -0.39 is 0 Å². The highest BCUT2D eigenvalue weighted by molar-refractivity contribution is 5.81. The zero-order chi connectivity index (χ0) is 30.0. The van der Waals surface area contributed by atoms with Gasteiger partial charge in [0.25, 0.3) is 0 Å². The Balaban J connectivity index is 0.000000231. The van der Waals surface area contributed by atoms with E-state index >= 15 is 0 Å². The van der Waals surface area contributed by atoms with Crippen molar-refractivity contribution in [3.8, 4) is 28.5 Å². The molecule has 0 atom stereocenters. The summed E-state index contributed by atoms with van der Waals surface area (Å²) in [5, 5.41) is 0. The van der Waals surface area contributed by atoms with Gasteiger partial charge in [-0.2, -0.15) is 0 Å². The molecule has 4 rings (SSSR count). The largest absolute Gasteiger partial charge is 0.490 e. The molecule has 0 saturated heterocycles. The van der Waals surface area contributed by atoms with Crippen molar-refractivity contribution >= 4 is 11.6 Å². The topological polar surface area (TPSA) is 84.0 Å². The van der Waals surface area contributed by atoms with E-state index in [0.717, 1.165) is 28.3 Å². The number of hydrogen-bond donors (Lipinski definition) is 0. The highest BCUT2D eigenvalue weighted by atomic mass is 16.5. The Morgan fingerprint density at radius 1 is 0.714 bits per heavy atom. The number of benzene rings is 3. The first-order valence-corrected chi connectivity index (χ1v) is 14.1. The number of carbonyl (C=O) groups excluding carboxylic acids is 2. The quantitative estimate of drug-likeness (QED) is 0.138. The van der Waals surface area contributed by atoms with E-state index in [9.17, 15) is 9.59 Å². The van der Waals surface area contributed by atoms with Gasteiger partial charge in [-0.05, 0) is 42.0 Å². The lowest BCUT2D eigenvalue weighted by atomic mass is 10.1. The van der Waals surface area contributed by atoms with Crippen molar-refractivity contribution in [1.29, 1.82) is 0 Å². The Bertz CT molecular complexity index is 1320. The number of nitrogens with zero attached hydrogens (tertiary/aromatic N) is 1. The summed E-state index contributed by atoms with van der Waals surface area (Å²) in [6.45, 7) is 7.12. The molecule has 7 heteroatoms. The van der Waals surface area contributed by atoms with Gasteiger partial charge in [-0.25, -0.2) is 0 Å². The molecule has 0 aliphatic carbocycles. The molecule has 0 amide bonds. The summed E-state index contributed by atoms with van der Waals surface area (Å²) in [7, 11) is 0. The van der Waals surface area contributed by atoms with Crippen LogP contribution in [0, 0.1) is 5.92 Å². The van der Waals surface area contributed by atoms with Crippen LogP contribution in [0.1, 0.15) is 32.8 Å². The lowest BCUT2D eigenvalue weighted by molar-refractivity contribution is -0.126. The van der Waals surface area contributed by atoms with Crippen LogP contribution in [0.3, 0.4) is 0 Å². The van der Waals surface area contributed by atoms with Crippen LogP contribution in [-0.4, -0.2) is 43.0 Å². The second-order valence-corrected chi connectivity index (χ2v) is 9.71. The number of ether oxygens (including phenoxy) is 4. The molecule has 220 valence electrons. The Morgan fingerprint density at radius 3 is 1.98 bits per heavy atom. The zero-order valence-electron chi connectivity index (χ0n) is 24.5. The number of Topliss-reactive ketones (excluding diaryl/α,β-unsaturated/α-hetero) is 2. The summed E-state index contributed by atoms with van der Waals surface area (Å²) in [4.78, 5) is 26.9. The summed E-state index contributed by atoms with van der Waals surface area (Å²) in [6, 6.07) is 31.1. The molecule has 7 nitrogen and oxygen atoms in total. The SMILES string of the molecule is CC(C)C(=O)COCCOc1ccc(-c2ccccc2)nc1.CCC(=O)COCc1ccc(Oc2ccccc2)cc1. The lowest BCUT2D eigenvalue weighted by Crippen LogP contribution is -2.17. The molecular formula is C35H39NO6. The van der Waals surface area contributed by atoms with E-state index in [1.54, 1.807) is 6.20 Å². The van der Waals surface area contributed by atoms with E-state index in [2.05, 4.69) is 4.98 Å². The van der Waals surface area contributed by atoms with Crippen LogP contribution in [0.2, 0.25) is 0 Å². The molecule has 0 bridgehead atoms. The lowest BCUT2D eigenvalue weighted by Gasteiger charge is -2.08. The number of aromatic nitrogens is 1. The molecule has 0 aliphatic heterocycles. The van der Waals surface area contributed by atoms with Crippen LogP contribution in [0.4, 0.5) is 0 Å². The molecule has 1 heterocycles. The predicted molar refractivity (Wildman–Crippen MR) is 164 cm³/mol. The van der Waals surface area contributed by atoms with Gasteiger partial charge in [0.2, 0.25) is 0 Å². The average molecular weight is 570 g/mol. The molecule has 1 aromatic heterocycles. The van der Waals surface area contributed by atoms with Crippen LogP contribution >= 0.6 is 0 Å². The van der Waals surface area contributed by atoms with Gasteiger partial charge in [0, 0.05) is 17.9 Å². The van der Waals surface area contributed by atoms with E-state index in [1.807, 2.05) is 118 Å².